The third-order valence-electron chi connectivity index (χ3n) is 6.71. The molecule has 1 aromatic heterocycles. The lowest BCUT2D eigenvalue weighted by molar-refractivity contribution is -0.198. The Kier molecular flexibility index (Phi) is 8.88. The number of rotatable bonds is 9. The molecule has 32 heavy (non-hydrogen) atoms. The van der Waals surface area contributed by atoms with Gasteiger partial charge in [0.1, 0.15) is 5.82 Å². The van der Waals surface area contributed by atoms with Crippen LogP contribution >= 0.6 is 0 Å². The maximum absolute atomic E-state index is 11.9. The van der Waals surface area contributed by atoms with Crippen molar-refractivity contribution in [2.75, 3.05) is 31.6 Å². The highest BCUT2D eigenvalue weighted by molar-refractivity contribution is 5.90. The molecule has 2 saturated heterocycles. The summed E-state index contributed by atoms with van der Waals surface area (Å²) in [5.74, 6) is 1.38. The molecule has 1 saturated carbocycles. The highest BCUT2D eigenvalue weighted by atomic mass is 16.8. The molecule has 2 N–H and O–H groups in total. The van der Waals surface area contributed by atoms with E-state index >= 15 is 0 Å². The van der Waals surface area contributed by atoms with Crippen LogP contribution in [0.1, 0.15) is 69.9 Å². The van der Waals surface area contributed by atoms with Gasteiger partial charge >= 0.3 is 0 Å². The Morgan fingerprint density at radius 1 is 1.12 bits per heavy atom. The molecule has 0 aromatic carbocycles. The van der Waals surface area contributed by atoms with Crippen LogP contribution in [0.5, 0.6) is 0 Å². The molecule has 4 rings (SSSR count). The number of aromatic nitrogens is 2. The first-order valence-electron chi connectivity index (χ1n) is 12.3. The predicted octanol–water partition coefficient (Wildman–Crippen LogP) is 3.52. The van der Waals surface area contributed by atoms with Crippen LogP contribution in [0.25, 0.3) is 6.08 Å². The molecule has 0 radical (unpaired) electrons. The lowest BCUT2D eigenvalue weighted by atomic mass is 9.87. The fourth-order valence-electron chi connectivity index (χ4n) is 4.83. The Morgan fingerprint density at radius 2 is 2.00 bits per heavy atom. The highest BCUT2D eigenvalue weighted by Gasteiger charge is 2.23. The van der Waals surface area contributed by atoms with Crippen molar-refractivity contribution in [3.05, 3.63) is 24.2 Å². The lowest BCUT2D eigenvalue weighted by Crippen LogP contribution is -2.32. The van der Waals surface area contributed by atoms with Gasteiger partial charge in [-0.1, -0.05) is 32.1 Å². The minimum atomic E-state index is -0.356. The van der Waals surface area contributed by atoms with Gasteiger partial charge < -0.3 is 15.0 Å². The number of carbonyl (C=O) groups is 1. The summed E-state index contributed by atoms with van der Waals surface area (Å²) >= 11 is 0. The maximum Gasteiger partial charge on any atom is 0.267 e. The molecule has 0 bridgehead atoms. The number of hydrogen-bond acceptors (Lipinski definition) is 7. The molecular formula is C24H37N5O3. The summed E-state index contributed by atoms with van der Waals surface area (Å²) in [4.78, 5) is 28.6. The van der Waals surface area contributed by atoms with E-state index in [1.165, 1.54) is 51.1 Å². The molecule has 3 aliphatic rings. The van der Waals surface area contributed by atoms with Gasteiger partial charge in [-0.15, -0.1) is 0 Å². The van der Waals surface area contributed by atoms with E-state index in [1.807, 2.05) is 0 Å². The van der Waals surface area contributed by atoms with E-state index in [0.717, 1.165) is 50.5 Å². The molecule has 0 spiro atoms. The van der Waals surface area contributed by atoms with E-state index in [2.05, 4.69) is 25.7 Å². The molecule has 176 valence electrons. The number of hydrogen-bond donors (Lipinski definition) is 2. The van der Waals surface area contributed by atoms with Crippen LogP contribution in [0.4, 0.5) is 5.82 Å². The van der Waals surface area contributed by atoms with E-state index < -0.39 is 0 Å². The minimum Gasteiger partial charge on any atom is -0.365 e. The van der Waals surface area contributed by atoms with Crippen molar-refractivity contribution in [3.63, 3.8) is 0 Å². The van der Waals surface area contributed by atoms with E-state index in [-0.39, 0.29) is 12.2 Å². The van der Waals surface area contributed by atoms with Gasteiger partial charge in [-0.3, -0.25) is 9.78 Å². The van der Waals surface area contributed by atoms with Gasteiger partial charge in [0.25, 0.3) is 5.91 Å². The Balaban J connectivity index is 1.14. The zero-order valence-electron chi connectivity index (χ0n) is 19.0. The molecule has 1 aromatic rings. The second-order valence-corrected chi connectivity index (χ2v) is 9.26. The number of nitrogens with one attached hydrogen (secondary N) is 2. The summed E-state index contributed by atoms with van der Waals surface area (Å²) < 4.78 is 5.41. The lowest BCUT2D eigenvalue weighted by Gasteiger charge is -2.24. The summed E-state index contributed by atoms with van der Waals surface area (Å²) in [6, 6.07) is 0.419. The van der Waals surface area contributed by atoms with Gasteiger partial charge in [0.2, 0.25) is 0 Å². The number of amides is 1. The normalized spacial score (nSPS) is 25.2. The molecule has 3 fully saturated rings. The third kappa shape index (κ3) is 7.53. The Morgan fingerprint density at radius 3 is 2.78 bits per heavy atom. The summed E-state index contributed by atoms with van der Waals surface area (Å²) in [6.07, 6.45) is 18.6. The summed E-state index contributed by atoms with van der Waals surface area (Å²) in [7, 11) is 0. The first kappa shape index (κ1) is 23.1. The second kappa shape index (κ2) is 12.3. The first-order valence-corrected chi connectivity index (χ1v) is 12.3. The smallest absolute Gasteiger partial charge is 0.267 e. The quantitative estimate of drug-likeness (QED) is 0.446. The molecule has 3 heterocycles. The van der Waals surface area contributed by atoms with Crippen molar-refractivity contribution in [2.45, 2.75) is 76.5 Å². The SMILES string of the molecule is O=C(C=Cc1cnc(N[C@@H]2CCN(CCC3CCCCC3)C2)cn1)NOC1CCCCO1. The molecule has 2 atom stereocenters. The third-order valence-corrected chi connectivity index (χ3v) is 6.71. The molecular weight excluding hydrogens is 406 g/mol. The Labute approximate surface area is 191 Å². The zero-order chi connectivity index (χ0) is 22.0. The number of ether oxygens (including phenoxy) is 1. The Bertz CT molecular complexity index is 730. The van der Waals surface area contributed by atoms with Gasteiger partial charge in [0, 0.05) is 38.2 Å². The van der Waals surface area contributed by atoms with E-state index in [1.54, 1.807) is 18.5 Å². The fraction of sp³-hybridized carbons (Fsp3) is 0.708. The summed E-state index contributed by atoms with van der Waals surface area (Å²) in [5.41, 5.74) is 3.03. The average molecular weight is 444 g/mol. The molecule has 1 unspecified atom stereocenters. The zero-order valence-corrected chi connectivity index (χ0v) is 19.0. The van der Waals surface area contributed by atoms with Crippen LogP contribution in [0.15, 0.2) is 18.5 Å². The van der Waals surface area contributed by atoms with Crippen molar-refractivity contribution in [1.82, 2.24) is 20.3 Å². The number of likely N-dealkylation sites (tertiary alicyclic amines) is 1. The molecule has 8 heteroatoms. The van der Waals surface area contributed by atoms with E-state index in [0.29, 0.717) is 18.3 Å². The largest absolute Gasteiger partial charge is 0.365 e. The average Bonchev–Trinajstić information content (AvgIpc) is 3.29. The molecule has 1 amide bonds. The van der Waals surface area contributed by atoms with Crippen LogP contribution in [0.2, 0.25) is 0 Å². The van der Waals surface area contributed by atoms with Crippen molar-refractivity contribution < 1.29 is 14.4 Å². The molecule has 2 aliphatic heterocycles. The van der Waals surface area contributed by atoms with Gasteiger partial charge in [-0.25, -0.2) is 15.3 Å². The highest BCUT2D eigenvalue weighted by Crippen LogP contribution is 2.27. The van der Waals surface area contributed by atoms with Crippen LogP contribution in [-0.2, 0) is 14.4 Å². The molecule has 1 aliphatic carbocycles. The van der Waals surface area contributed by atoms with Crippen molar-refractivity contribution in [1.29, 1.82) is 0 Å². The van der Waals surface area contributed by atoms with Gasteiger partial charge in [-0.05, 0) is 44.2 Å². The second-order valence-electron chi connectivity index (χ2n) is 9.26. The predicted molar refractivity (Wildman–Crippen MR) is 124 cm³/mol. The number of nitrogens with zero attached hydrogens (tertiary/aromatic N) is 3. The summed E-state index contributed by atoms with van der Waals surface area (Å²) in [5, 5.41) is 3.50. The van der Waals surface area contributed by atoms with Crippen LogP contribution in [0, 0.1) is 5.92 Å². The summed E-state index contributed by atoms with van der Waals surface area (Å²) in [6.45, 7) is 4.12. The topological polar surface area (TPSA) is 88.6 Å². The number of carbonyl (C=O) groups excluding carboxylic acids is 1. The number of anilines is 1. The van der Waals surface area contributed by atoms with Crippen LogP contribution in [0.3, 0.4) is 0 Å². The van der Waals surface area contributed by atoms with Gasteiger partial charge in [-0.2, -0.15) is 0 Å². The fourth-order valence-corrected chi connectivity index (χ4v) is 4.83. The van der Waals surface area contributed by atoms with Crippen molar-refractivity contribution in [3.8, 4) is 0 Å². The van der Waals surface area contributed by atoms with Gasteiger partial charge in [0.05, 0.1) is 18.1 Å². The number of hydroxylamine groups is 1. The minimum absolute atomic E-state index is 0.345. The van der Waals surface area contributed by atoms with E-state index in [9.17, 15) is 4.79 Å². The van der Waals surface area contributed by atoms with Crippen molar-refractivity contribution >= 4 is 17.8 Å². The standard InChI is InChI=1S/C24H37N5O3/c30-23(28-32-24-8-4-5-15-31-24)10-9-20-16-26-22(17-25-20)27-21-12-14-29(18-21)13-11-19-6-2-1-3-7-19/h9-10,16-17,19,21,24H,1-8,11-15,18H2,(H,26,27)(H,28,30)/t21-,24?/m1/s1. The van der Waals surface area contributed by atoms with Crippen LogP contribution in [-0.4, -0.2) is 59.3 Å². The van der Waals surface area contributed by atoms with Crippen molar-refractivity contribution in [2.24, 2.45) is 5.92 Å². The maximum atomic E-state index is 11.9. The van der Waals surface area contributed by atoms with Crippen LogP contribution < -0.4 is 10.8 Å². The first-order chi connectivity index (χ1) is 15.7. The van der Waals surface area contributed by atoms with Gasteiger partial charge in [0.15, 0.2) is 6.29 Å². The molecule has 8 nitrogen and oxygen atoms in total. The monoisotopic (exact) mass is 443 g/mol. The Hall–Kier alpha value is -2.03. The van der Waals surface area contributed by atoms with E-state index in [4.69, 9.17) is 9.57 Å².